The fourth-order valence-corrected chi connectivity index (χ4v) is 5.75. The maximum absolute atomic E-state index is 15.6. The largest absolute Gasteiger partial charge is 0.497 e. The first-order valence-corrected chi connectivity index (χ1v) is 13.0. The Morgan fingerprint density at radius 3 is 2.92 bits per heavy atom. The Labute approximate surface area is 218 Å². The van der Waals surface area contributed by atoms with Crippen LogP contribution in [0.1, 0.15) is 42.3 Å². The molecule has 36 heavy (non-hydrogen) atoms. The summed E-state index contributed by atoms with van der Waals surface area (Å²) in [6, 6.07) is 8.33. The van der Waals surface area contributed by atoms with Crippen LogP contribution in [0.2, 0.25) is 5.02 Å². The molecule has 1 saturated heterocycles. The van der Waals surface area contributed by atoms with E-state index in [1.807, 2.05) is 0 Å². The number of thiophene rings is 1. The Balaban J connectivity index is 1.42. The minimum Gasteiger partial charge on any atom is -0.497 e. The number of likely N-dealkylation sites (tertiary alicyclic amines) is 1. The highest BCUT2D eigenvalue weighted by molar-refractivity contribution is 7.10. The smallest absolute Gasteiger partial charge is 0.303 e. The third-order valence-corrected chi connectivity index (χ3v) is 7.76. The molecule has 0 unspecified atom stereocenters. The maximum Gasteiger partial charge on any atom is 0.303 e. The Kier molecular flexibility index (Phi) is 8.78. The molecule has 5 nitrogen and oxygen atoms in total. The van der Waals surface area contributed by atoms with Gasteiger partial charge in [0.05, 0.1) is 29.1 Å². The number of halogens is 3. The second kappa shape index (κ2) is 12.0. The molecule has 3 heterocycles. The van der Waals surface area contributed by atoms with E-state index in [0.717, 1.165) is 24.3 Å². The zero-order valence-electron chi connectivity index (χ0n) is 19.8. The lowest BCUT2D eigenvalue weighted by atomic mass is 9.79. The van der Waals surface area contributed by atoms with E-state index < -0.39 is 12.1 Å². The van der Waals surface area contributed by atoms with Crippen molar-refractivity contribution in [1.82, 2.24) is 9.88 Å². The molecule has 4 rings (SSSR count). The second-order valence-corrected chi connectivity index (χ2v) is 10.4. The molecule has 0 spiro atoms. The van der Waals surface area contributed by atoms with Crippen molar-refractivity contribution in [2.75, 3.05) is 26.7 Å². The van der Waals surface area contributed by atoms with Crippen LogP contribution in [-0.2, 0) is 4.79 Å². The molecule has 1 N–H and O–H groups in total. The molecule has 0 aliphatic carbocycles. The minimum absolute atomic E-state index is 0.0256. The van der Waals surface area contributed by atoms with E-state index in [4.69, 9.17) is 16.3 Å². The van der Waals surface area contributed by atoms with Gasteiger partial charge in [-0.3, -0.25) is 14.7 Å². The number of hydrogen-bond acceptors (Lipinski definition) is 5. The molecule has 0 radical (unpaired) electrons. The van der Waals surface area contributed by atoms with Crippen molar-refractivity contribution in [1.29, 1.82) is 0 Å². The topological polar surface area (TPSA) is 62.7 Å². The number of fused-ring (bicyclic) bond motifs is 1. The van der Waals surface area contributed by atoms with Crippen LogP contribution in [0.5, 0.6) is 5.75 Å². The van der Waals surface area contributed by atoms with Crippen LogP contribution in [-0.4, -0.2) is 47.7 Å². The Morgan fingerprint density at radius 2 is 2.19 bits per heavy atom. The first-order valence-electron chi connectivity index (χ1n) is 11.8. The molecular formula is C27H27ClF2N2O3S. The highest BCUT2D eigenvalue weighted by Crippen LogP contribution is 2.39. The molecule has 3 atom stereocenters. The number of methoxy groups -OCH3 is 1. The van der Waals surface area contributed by atoms with Crippen LogP contribution in [0.3, 0.4) is 0 Å². The number of alkyl halides is 1. The molecule has 9 heteroatoms. The van der Waals surface area contributed by atoms with Crippen molar-refractivity contribution in [3.63, 3.8) is 0 Å². The first-order chi connectivity index (χ1) is 17.3. The summed E-state index contributed by atoms with van der Waals surface area (Å²) in [5, 5.41) is 10.1. The normalized spacial score (nSPS) is 19.0. The summed E-state index contributed by atoms with van der Waals surface area (Å²) < 4.78 is 34.0. The van der Waals surface area contributed by atoms with E-state index in [2.05, 4.69) is 21.7 Å². The highest BCUT2D eigenvalue weighted by atomic mass is 35.5. The van der Waals surface area contributed by atoms with E-state index in [1.54, 1.807) is 31.4 Å². The van der Waals surface area contributed by atoms with Crippen LogP contribution in [0.4, 0.5) is 8.78 Å². The number of aliphatic carboxylic acids is 1. The molecule has 1 aliphatic heterocycles. The van der Waals surface area contributed by atoms with Crippen LogP contribution in [0, 0.1) is 28.8 Å². The number of rotatable bonds is 8. The number of benzene rings is 1. The number of aromatic nitrogens is 1. The van der Waals surface area contributed by atoms with Gasteiger partial charge in [-0.25, -0.2) is 4.39 Å². The lowest BCUT2D eigenvalue weighted by Crippen LogP contribution is -2.41. The van der Waals surface area contributed by atoms with Gasteiger partial charge in [-0.2, -0.15) is 4.39 Å². The molecule has 0 saturated carbocycles. The molecule has 1 fully saturated rings. The monoisotopic (exact) mass is 532 g/mol. The summed E-state index contributed by atoms with van der Waals surface area (Å²) in [7, 11) is 1.55. The van der Waals surface area contributed by atoms with E-state index in [1.165, 1.54) is 12.3 Å². The third-order valence-electron chi connectivity index (χ3n) is 6.67. The summed E-state index contributed by atoms with van der Waals surface area (Å²) >= 11 is 7.37. The number of carboxylic acids is 1. The predicted molar refractivity (Wildman–Crippen MR) is 138 cm³/mol. The molecule has 1 aromatic carbocycles. The van der Waals surface area contributed by atoms with Crippen LogP contribution in [0.25, 0.3) is 10.9 Å². The summed E-state index contributed by atoms with van der Waals surface area (Å²) in [6.45, 7) is 1.81. The second-order valence-electron chi connectivity index (χ2n) is 9.00. The molecule has 0 bridgehead atoms. The average Bonchev–Trinajstić information content (AvgIpc) is 3.27. The Hall–Kier alpha value is -2.73. The van der Waals surface area contributed by atoms with Crippen molar-refractivity contribution < 1.29 is 23.4 Å². The van der Waals surface area contributed by atoms with Crippen molar-refractivity contribution in [2.45, 2.75) is 31.9 Å². The number of carbonyl (C=O) groups is 1. The fraction of sp³-hybridized carbons (Fsp3) is 0.407. The Morgan fingerprint density at radius 1 is 1.36 bits per heavy atom. The lowest BCUT2D eigenvalue weighted by molar-refractivity contribution is -0.139. The molecular weight excluding hydrogens is 506 g/mol. The van der Waals surface area contributed by atoms with Gasteiger partial charge in [-0.05, 0) is 68.0 Å². The molecule has 0 amide bonds. The molecule has 190 valence electrons. The number of pyridine rings is 1. The fourth-order valence-electron chi connectivity index (χ4n) is 4.87. The first kappa shape index (κ1) is 26.3. The number of hydrogen-bond donors (Lipinski definition) is 1. The Bertz CT molecular complexity index is 1290. The summed E-state index contributed by atoms with van der Waals surface area (Å²) in [4.78, 5) is 18.6. The number of carboxylic acid groups (broad SMARTS) is 1. The number of nitrogens with zero attached hydrogens (tertiary/aromatic N) is 2. The third kappa shape index (κ3) is 6.52. The van der Waals surface area contributed by atoms with E-state index in [9.17, 15) is 14.3 Å². The molecule has 1 aliphatic rings. The summed E-state index contributed by atoms with van der Waals surface area (Å²) in [5.74, 6) is 5.73. The quantitative estimate of drug-likeness (QED) is 0.342. The number of piperidine rings is 1. The van der Waals surface area contributed by atoms with Gasteiger partial charge in [-0.1, -0.05) is 34.8 Å². The average molecular weight is 533 g/mol. The SMILES string of the molecule is COc1ccc2ncc(Cl)c([C@@H](F)CC[C@@H]3CCN(CC#Cc4ccc(F)s4)C[C@H]3CC(=O)O)c2c1. The van der Waals surface area contributed by atoms with Crippen molar-refractivity contribution in [2.24, 2.45) is 11.8 Å². The van der Waals surface area contributed by atoms with Crippen molar-refractivity contribution in [3.05, 3.63) is 57.1 Å². The van der Waals surface area contributed by atoms with Gasteiger partial charge in [-0.15, -0.1) is 0 Å². The van der Waals surface area contributed by atoms with E-state index in [0.29, 0.717) is 46.6 Å². The molecule has 2 aromatic heterocycles. The van der Waals surface area contributed by atoms with Gasteiger partial charge < -0.3 is 9.84 Å². The predicted octanol–water partition coefficient (Wildman–Crippen LogP) is 6.35. The zero-order valence-corrected chi connectivity index (χ0v) is 21.4. The maximum atomic E-state index is 15.6. The van der Waals surface area contributed by atoms with Gasteiger partial charge in [0.25, 0.3) is 0 Å². The van der Waals surface area contributed by atoms with Crippen LogP contribution in [0.15, 0.2) is 36.5 Å². The van der Waals surface area contributed by atoms with Gasteiger partial charge in [0.1, 0.15) is 11.9 Å². The minimum atomic E-state index is -1.31. The van der Waals surface area contributed by atoms with Gasteiger partial charge in [0.2, 0.25) is 0 Å². The lowest BCUT2D eigenvalue weighted by Gasteiger charge is -2.37. The summed E-state index contributed by atoms with van der Waals surface area (Å²) in [5.41, 5.74) is 1.04. The molecule has 3 aromatic rings. The summed E-state index contributed by atoms with van der Waals surface area (Å²) in [6.07, 6.45) is 1.74. The standard InChI is InChI=1S/C27H27ClF2N2O3S/c1-35-19-5-8-24-21(14-19)27(22(28)15-31-24)23(29)7-4-17-10-12-32(16-18(17)13-26(33)34)11-2-3-20-6-9-25(30)36-20/h5-6,8-9,14-15,17-18,23H,4,7,10-13,16H2,1H3,(H,33,34)/t17-,18-,23+/m1/s1. The van der Waals surface area contributed by atoms with Crippen LogP contribution < -0.4 is 4.74 Å². The van der Waals surface area contributed by atoms with Crippen LogP contribution >= 0.6 is 22.9 Å². The van der Waals surface area contributed by atoms with Crippen molar-refractivity contribution >= 4 is 39.8 Å². The number of ether oxygens (including phenoxy) is 1. The van der Waals surface area contributed by atoms with Gasteiger partial charge in [0, 0.05) is 30.1 Å². The van der Waals surface area contributed by atoms with Crippen molar-refractivity contribution in [3.8, 4) is 17.6 Å². The van der Waals surface area contributed by atoms with Gasteiger partial charge in [0.15, 0.2) is 5.13 Å². The highest BCUT2D eigenvalue weighted by Gasteiger charge is 2.31. The van der Waals surface area contributed by atoms with Gasteiger partial charge >= 0.3 is 5.97 Å². The van der Waals surface area contributed by atoms with E-state index >= 15 is 4.39 Å². The zero-order chi connectivity index (χ0) is 25.7. The van der Waals surface area contributed by atoms with E-state index in [-0.39, 0.29) is 34.8 Å².